The highest BCUT2D eigenvalue weighted by Crippen LogP contribution is 2.09. The fourth-order valence-corrected chi connectivity index (χ4v) is 1.86. The van der Waals surface area contributed by atoms with Crippen LogP contribution in [-0.4, -0.2) is 49.2 Å². The number of likely N-dealkylation sites (N-methyl/N-ethyl adjacent to an activating group) is 1. The van der Waals surface area contributed by atoms with Crippen LogP contribution in [0.1, 0.15) is 30.6 Å². The topological polar surface area (TPSA) is 78.5 Å². The lowest BCUT2D eigenvalue weighted by molar-refractivity contribution is -0.122. The van der Waals surface area contributed by atoms with Gasteiger partial charge in [-0.05, 0) is 44.7 Å². The van der Waals surface area contributed by atoms with Gasteiger partial charge in [0.15, 0.2) is 5.78 Å². The molecule has 1 aromatic carbocycles. The second-order valence-electron chi connectivity index (χ2n) is 5.20. The predicted octanol–water partition coefficient (Wildman–Crippen LogP) is 1.29. The molecule has 0 bridgehead atoms. The Morgan fingerprint density at radius 3 is 2.18 bits per heavy atom. The van der Waals surface area contributed by atoms with Crippen molar-refractivity contribution in [3.8, 4) is 0 Å². The van der Waals surface area contributed by atoms with Gasteiger partial charge in [0, 0.05) is 17.8 Å². The minimum Gasteiger partial charge on any atom is -0.355 e. The summed E-state index contributed by atoms with van der Waals surface area (Å²) in [5.74, 6) is -0.319. The molecule has 0 aromatic heterocycles. The molecule has 22 heavy (non-hydrogen) atoms. The van der Waals surface area contributed by atoms with E-state index in [4.69, 9.17) is 0 Å². The zero-order valence-electron chi connectivity index (χ0n) is 13.3. The lowest BCUT2D eigenvalue weighted by Crippen LogP contribution is -2.39. The molecule has 0 fully saturated rings. The molecule has 0 aliphatic rings. The van der Waals surface area contributed by atoms with Gasteiger partial charge in [0.25, 0.3) is 0 Å². The van der Waals surface area contributed by atoms with Crippen LogP contribution in [-0.2, 0) is 9.59 Å². The summed E-state index contributed by atoms with van der Waals surface area (Å²) in [5.41, 5.74) is 1.22. The Labute approximate surface area is 130 Å². The van der Waals surface area contributed by atoms with Crippen molar-refractivity contribution in [3.63, 3.8) is 0 Å². The number of Topliss-reactive ketones (excluding diaryl/α,β-unsaturated/α-hetero) is 1. The molecule has 0 saturated heterocycles. The summed E-state index contributed by atoms with van der Waals surface area (Å²) in [6.07, 6.45) is 0.881. The van der Waals surface area contributed by atoms with E-state index < -0.39 is 0 Å². The second-order valence-corrected chi connectivity index (χ2v) is 5.20. The van der Waals surface area contributed by atoms with Crippen molar-refractivity contribution in [2.24, 2.45) is 0 Å². The quantitative estimate of drug-likeness (QED) is 0.709. The Balaban J connectivity index is 2.41. The number of hydrogen-bond donors (Lipinski definition) is 2. The molecule has 0 radical (unpaired) electrons. The molecule has 0 heterocycles. The number of ketones is 1. The van der Waals surface area contributed by atoms with E-state index in [1.165, 1.54) is 6.92 Å². The average molecular weight is 305 g/mol. The lowest BCUT2D eigenvalue weighted by atomic mass is 10.1. The normalized spacial score (nSPS) is 10.4. The average Bonchev–Trinajstić information content (AvgIpc) is 2.45. The summed E-state index contributed by atoms with van der Waals surface area (Å²) in [5, 5.41) is 5.49. The maximum atomic E-state index is 11.9. The van der Waals surface area contributed by atoms with Crippen molar-refractivity contribution in [1.29, 1.82) is 0 Å². The van der Waals surface area contributed by atoms with E-state index in [-0.39, 0.29) is 30.7 Å². The van der Waals surface area contributed by atoms with E-state index in [9.17, 15) is 14.4 Å². The summed E-state index contributed by atoms with van der Waals surface area (Å²) in [4.78, 5) is 36.2. The molecular formula is C16H23N3O3. The third-order valence-corrected chi connectivity index (χ3v) is 2.97. The van der Waals surface area contributed by atoms with Crippen molar-refractivity contribution in [2.75, 3.05) is 32.0 Å². The van der Waals surface area contributed by atoms with Crippen LogP contribution in [0, 0.1) is 0 Å². The van der Waals surface area contributed by atoms with Crippen molar-refractivity contribution >= 4 is 23.3 Å². The third-order valence-electron chi connectivity index (χ3n) is 2.97. The molecular weight excluding hydrogens is 282 g/mol. The van der Waals surface area contributed by atoms with Gasteiger partial charge in [-0.15, -0.1) is 0 Å². The highest BCUT2D eigenvalue weighted by atomic mass is 16.2. The van der Waals surface area contributed by atoms with Gasteiger partial charge in [-0.1, -0.05) is 6.92 Å². The maximum absolute atomic E-state index is 11.9. The zero-order chi connectivity index (χ0) is 16.5. The monoisotopic (exact) mass is 305 g/mol. The van der Waals surface area contributed by atoms with Gasteiger partial charge in [0.2, 0.25) is 11.8 Å². The van der Waals surface area contributed by atoms with Crippen LogP contribution in [0.15, 0.2) is 24.3 Å². The first kappa shape index (κ1) is 17.8. The van der Waals surface area contributed by atoms with Gasteiger partial charge < -0.3 is 10.6 Å². The molecule has 1 rings (SSSR count). The number of nitrogens with one attached hydrogen (secondary N) is 2. The number of nitrogens with zero attached hydrogens (tertiary/aromatic N) is 1. The van der Waals surface area contributed by atoms with Gasteiger partial charge in [0.1, 0.15) is 0 Å². The third kappa shape index (κ3) is 6.49. The van der Waals surface area contributed by atoms with E-state index in [2.05, 4.69) is 10.6 Å². The number of hydrogen-bond acceptors (Lipinski definition) is 4. The van der Waals surface area contributed by atoms with Gasteiger partial charge in [-0.25, -0.2) is 0 Å². The minimum absolute atomic E-state index is 0.0179. The van der Waals surface area contributed by atoms with Crippen molar-refractivity contribution in [2.45, 2.75) is 20.3 Å². The largest absolute Gasteiger partial charge is 0.355 e. The molecule has 0 atom stereocenters. The van der Waals surface area contributed by atoms with Crippen LogP contribution in [0.3, 0.4) is 0 Å². The second kappa shape index (κ2) is 8.94. The van der Waals surface area contributed by atoms with E-state index in [0.717, 1.165) is 6.42 Å². The van der Waals surface area contributed by atoms with Crippen LogP contribution in [0.25, 0.3) is 0 Å². The first-order valence-corrected chi connectivity index (χ1v) is 7.28. The maximum Gasteiger partial charge on any atom is 0.238 e. The van der Waals surface area contributed by atoms with Crippen LogP contribution in [0.4, 0.5) is 5.69 Å². The molecule has 0 aliphatic carbocycles. The molecule has 120 valence electrons. The number of carbonyl (C=O) groups excluding carboxylic acids is 3. The molecule has 0 unspecified atom stereocenters. The molecule has 2 amide bonds. The molecule has 0 aliphatic heterocycles. The minimum atomic E-state index is -0.207. The van der Waals surface area contributed by atoms with Crippen LogP contribution in [0.2, 0.25) is 0 Å². The number of rotatable bonds is 8. The number of amides is 2. The molecule has 6 heteroatoms. The standard InChI is InChI=1S/C16H23N3O3/c1-4-9-17-15(21)10-19(3)11-16(22)18-14-7-5-13(6-8-14)12(2)20/h5-8H,4,9-11H2,1-3H3,(H,17,21)(H,18,22). The molecule has 1 aromatic rings. The number of carbonyl (C=O) groups is 3. The van der Waals surface area contributed by atoms with Gasteiger partial charge in [-0.2, -0.15) is 0 Å². The van der Waals surface area contributed by atoms with E-state index in [1.807, 2.05) is 6.92 Å². The zero-order valence-corrected chi connectivity index (χ0v) is 13.3. The number of anilines is 1. The summed E-state index contributed by atoms with van der Waals surface area (Å²) in [6, 6.07) is 6.70. The summed E-state index contributed by atoms with van der Waals surface area (Å²) < 4.78 is 0. The van der Waals surface area contributed by atoms with Crippen LogP contribution in [0.5, 0.6) is 0 Å². The molecule has 0 saturated carbocycles. The first-order valence-electron chi connectivity index (χ1n) is 7.28. The van der Waals surface area contributed by atoms with E-state index >= 15 is 0 Å². The van der Waals surface area contributed by atoms with Gasteiger partial charge in [0.05, 0.1) is 13.1 Å². The Morgan fingerprint density at radius 2 is 1.64 bits per heavy atom. The Morgan fingerprint density at radius 1 is 1.05 bits per heavy atom. The van der Waals surface area contributed by atoms with Gasteiger partial charge in [-0.3, -0.25) is 19.3 Å². The van der Waals surface area contributed by atoms with Crippen molar-refractivity contribution in [3.05, 3.63) is 29.8 Å². The van der Waals surface area contributed by atoms with Crippen molar-refractivity contribution < 1.29 is 14.4 Å². The van der Waals surface area contributed by atoms with Crippen LogP contribution < -0.4 is 10.6 Å². The van der Waals surface area contributed by atoms with Gasteiger partial charge >= 0.3 is 0 Å². The van der Waals surface area contributed by atoms with Crippen LogP contribution >= 0.6 is 0 Å². The summed E-state index contributed by atoms with van der Waals surface area (Å²) in [6.45, 7) is 4.41. The Hall–Kier alpha value is -2.21. The Kier molecular flexibility index (Phi) is 7.25. The van der Waals surface area contributed by atoms with E-state index in [1.54, 1.807) is 36.2 Å². The van der Waals surface area contributed by atoms with Crippen molar-refractivity contribution in [1.82, 2.24) is 10.2 Å². The summed E-state index contributed by atoms with van der Waals surface area (Å²) in [7, 11) is 1.71. The fraction of sp³-hybridized carbons (Fsp3) is 0.438. The molecule has 0 spiro atoms. The fourth-order valence-electron chi connectivity index (χ4n) is 1.86. The summed E-state index contributed by atoms with van der Waals surface area (Å²) >= 11 is 0. The smallest absolute Gasteiger partial charge is 0.238 e. The SMILES string of the molecule is CCCNC(=O)CN(C)CC(=O)Nc1ccc(C(C)=O)cc1. The molecule has 2 N–H and O–H groups in total. The highest BCUT2D eigenvalue weighted by molar-refractivity contribution is 5.96. The first-order chi connectivity index (χ1) is 10.4. The van der Waals surface area contributed by atoms with E-state index in [0.29, 0.717) is 17.8 Å². The highest BCUT2D eigenvalue weighted by Gasteiger charge is 2.10. The predicted molar refractivity (Wildman–Crippen MR) is 85.9 cm³/mol. The lowest BCUT2D eigenvalue weighted by Gasteiger charge is -2.16. The number of benzene rings is 1. The Bertz CT molecular complexity index is 526. The molecule has 6 nitrogen and oxygen atoms in total.